The molecule has 2 aliphatic rings. The molecule has 0 saturated carbocycles. The van der Waals surface area contributed by atoms with Gasteiger partial charge in [-0.3, -0.25) is 10.1 Å². The van der Waals surface area contributed by atoms with Gasteiger partial charge in [0.15, 0.2) is 0 Å². The molecule has 5 nitrogen and oxygen atoms in total. The van der Waals surface area contributed by atoms with E-state index in [9.17, 15) is 10.1 Å². The van der Waals surface area contributed by atoms with Crippen molar-refractivity contribution in [2.45, 2.75) is 25.8 Å². The van der Waals surface area contributed by atoms with Gasteiger partial charge in [-0.15, -0.1) is 0 Å². The molecular formula is C14H19N3O2. The third-order valence-electron chi connectivity index (χ3n) is 4.35. The summed E-state index contributed by atoms with van der Waals surface area (Å²) in [4.78, 5) is 13.0. The Labute approximate surface area is 112 Å². The van der Waals surface area contributed by atoms with E-state index in [-0.39, 0.29) is 10.6 Å². The van der Waals surface area contributed by atoms with Gasteiger partial charge in [-0.2, -0.15) is 0 Å². The summed E-state index contributed by atoms with van der Waals surface area (Å²) in [5.41, 5.74) is 1.93. The smallest absolute Gasteiger partial charge is 0.274 e. The fourth-order valence-electron chi connectivity index (χ4n) is 3.25. The van der Waals surface area contributed by atoms with Crippen LogP contribution in [0.5, 0.6) is 0 Å². The zero-order chi connectivity index (χ0) is 13.4. The molecule has 102 valence electrons. The van der Waals surface area contributed by atoms with Crippen LogP contribution in [0.25, 0.3) is 0 Å². The van der Waals surface area contributed by atoms with Gasteiger partial charge in [0.2, 0.25) is 0 Å². The van der Waals surface area contributed by atoms with Crippen molar-refractivity contribution < 1.29 is 4.92 Å². The average Bonchev–Trinajstić information content (AvgIpc) is 2.82. The SMILES string of the molecule is Cc1ccc(N2C[C@@H]3CCCN[C@@H]3C2)cc1[N+](=O)[O-]. The summed E-state index contributed by atoms with van der Waals surface area (Å²) < 4.78 is 0. The summed E-state index contributed by atoms with van der Waals surface area (Å²) >= 11 is 0. The van der Waals surface area contributed by atoms with Crippen LogP contribution >= 0.6 is 0 Å². The highest BCUT2D eigenvalue weighted by atomic mass is 16.6. The Morgan fingerprint density at radius 2 is 2.26 bits per heavy atom. The van der Waals surface area contributed by atoms with Crippen molar-refractivity contribution in [3.63, 3.8) is 0 Å². The third-order valence-corrected chi connectivity index (χ3v) is 4.35. The highest BCUT2D eigenvalue weighted by Crippen LogP contribution is 2.31. The fraction of sp³-hybridized carbons (Fsp3) is 0.571. The van der Waals surface area contributed by atoms with Crippen molar-refractivity contribution in [2.75, 3.05) is 24.5 Å². The van der Waals surface area contributed by atoms with Gasteiger partial charge in [-0.05, 0) is 38.3 Å². The Bertz CT molecular complexity index is 489. The van der Waals surface area contributed by atoms with E-state index in [1.807, 2.05) is 12.1 Å². The molecule has 1 N–H and O–H groups in total. The molecule has 2 atom stereocenters. The first-order valence-electron chi connectivity index (χ1n) is 6.88. The van der Waals surface area contributed by atoms with Crippen LogP contribution in [0.4, 0.5) is 11.4 Å². The van der Waals surface area contributed by atoms with Crippen molar-refractivity contribution in [3.05, 3.63) is 33.9 Å². The lowest BCUT2D eigenvalue weighted by molar-refractivity contribution is -0.385. The van der Waals surface area contributed by atoms with Gasteiger partial charge < -0.3 is 10.2 Å². The average molecular weight is 261 g/mol. The summed E-state index contributed by atoms with van der Waals surface area (Å²) in [6.45, 7) is 4.86. The van der Waals surface area contributed by atoms with Gasteiger partial charge in [-0.25, -0.2) is 0 Å². The molecule has 2 aliphatic heterocycles. The van der Waals surface area contributed by atoms with Crippen molar-refractivity contribution in [1.82, 2.24) is 5.32 Å². The first kappa shape index (κ1) is 12.4. The molecule has 1 aromatic rings. The Balaban J connectivity index is 1.83. The fourth-order valence-corrected chi connectivity index (χ4v) is 3.25. The molecule has 2 heterocycles. The number of hydrogen-bond donors (Lipinski definition) is 1. The van der Waals surface area contributed by atoms with Gasteiger partial charge >= 0.3 is 0 Å². The molecule has 0 aliphatic carbocycles. The molecule has 0 amide bonds. The third kappa shape index (κ3) is 2.30. The van der Waals surface area contributed by atoms with E-state index in [1.54, 1.807) is 13.0 Å². The Morgan fingerprint density at radius 1 is 1.42 bits per heavy atom. The molecule has 2 fully saturated rings. The van der Waals surface area contributed by atoms with Crippen molar-refractivity contribution in [2.24, 2.45) is 5.92 Å². The molecule has 5 heteroatoms. The molecule has 1 aromatic carbocycles. The van der Waals surface area contributed by atoms with Gasteiger partial charge in [0.1, 0.15) is 0 Å². The number of nitro benzene ring substituents is 1. The number of benzene rings is 1. The monoisotopic (exact) mass is 261 g/mol. The number of aryl methyl sites for hydroxylation is 1. The van der Waals surface area contributed by atoms with Crippen LogP contribution in [0.1, 0.15) is 18.4 Å². The predicted molar refractivity (Wildman–Crippen MR) is 74.6 cm³/mol. The van der Waals surface area contributed by atoms with Crippen LogP contribution in [0.3, 0.4) is 0 Å². The van der Waals surface area contributed by atoms with Gasteiger partial charge in [0, 0.05) is 36.4 Å². The molecular weight excluding hydrogens is 242 g/mol. The van der Waals surface area contributed by atoms with E-state index >= 15 is 0 Å². The lowest BCUT2D eigenvalue weighted by atomic mass is 9.94. The standard InChI is InChI=1S/C14H19N3O2/c1-10-4-5-12(7-14(10)17(18)19)16-8-11-3-2-6-15-13(11)9-16/h4-5,7,11,13,15H,2-3,6,8-9H2,1H3/t11-,13+/m0/s1. The summed E-state index contributed by atoms with van der Waals surface area (Å²) in [5.74, 6) is 0.689. The van der Waals surface area contributed by atoms with E-state index in [0.29, 0.717) is 12.0 Å². The quantitative estimate of drug-likeness (QED) is 0.654. The largest absolute Gasteiger partial charge is 0.369 e. The maximum Gasteiger partial charge on any atom is 0.274 e. The minimum Gasteiger partial charge on any atom is -0.369 e. The Kier molecular flexibility index (Phi) is 3.14. The summed E-state index contributed by atoms with van der Waals surface area (Å²) in [6, 6.07) is 6.11. The molecule has 3 rings (SSSR count). The van der Waals surface area contributed by atoms with Crippen LogP contribution in [0.2, 0.25) is 0 Å². The van der Waals surface area contributed by atoms with E-state index in [4.69, 9.17) is 0 Å². The van der Waals surface area contributed by atoms with Crippen molar-refractivity contribution in [1.29, 1.82) is 0 Å². The first-order chi connectivity index (χ1) is 9.15. The van der Waals surface area contributed by atoms with Crippen LogP contribution in [-0.2, 0) is 0 Å². The van der Waals surface area contributed by atoms with E-state index in [1.165, 1.54) is 12.8 Å². The Hall–Kier alpha value is -1.62. The van der Waals surface area contributed by atoms with E-state index in [0.717, 1.165) is 30.9 Å². The number of nitro groups is 1. The second-order valence-corrected chi connectivity index (χ2v) is 5.60. The number of piperidine rings is 1. The van der Waals surface area contributed by atoms with E-state index in [2.05, 4.69) is 10.2 Å². The second kappa shape index (κ2) is 4.81. The van der Waals surface area contributed by atoms with Gasteiger partial charge in [-0.1, -0.05) is 6.07 Å². The number of nitrogens with zero attached hydrogens (tertiary/aromatic N) is 2. The molecule has 0 bridgehead atoms. The van der Waals surface area contributed by atoms with Crippen molar-refractivity contribution in [3.8, 4) is 0 Å². The molecule has 0 spiro atoms. The predicted octanol–water partition coefficient (Wildman–Crippen LogP) is 2.09. The first-order valence-corrected chi connectivity index (χ1v) is 6.88. The number of nitrogens with one attached hydrogen (secondary N) is 1. The lowest BCUT2D eigenvalue weighted by Gasteiger charge is -2.24. The zero-order valence-electron chi connectivity index (χ0n) is 11.1. The maximum atomic E-state index is 11.0. The highest BCUT2D eigenvalue weighted by molar-refractivity contribution is 5.57. The number of anilines is 1. The maximum absolute atomic E-state index is 11.0. The topological polar surface area (TPSA) is 58.4 Å². The molecule has 0 unspecified atom stereocenters. The zero-order valence-corrected chi connectivity index (χ0v) is 11.1. The van der Waals surface area contributed by atoms with Crippen LogP contribution in [0.15, 0.2) is 18.2 Å². The van der Waals surface area contributed by atoms with Gasteiger partial charge in [0.05, 0.1) is 4.92 Å². The number of hydrogen-bond acceptors (Lipinski definition) is 4. The Morgan fingerprint density at radius 3 is 3.00 bits per heavy atom. The number of fused-ring (bicyclic) bond motifs is 1. The van der Waals surface area contributed by atoms with Crippen LogP contribution in [0, 0.1) is 23.0 Å². The van der Waals surface area contributed by atoms with E-state index < -0.39 is 0 Å². The minimum atomic E-state index is -0.291. The summed E-state index contributed by atoms with van der Waals surface area (Å²) in [5, 5.41) is 14.6. The van der Waals surface area contributed by atoms with Gasteiger partial charge in [0.25, 0.3) is 5.69 Å². The van der Waals surface area contributed by atoms with Crippen LogP contribution < -0.4 is 10.2 Å². The summed E-state index contributed by atoms with van der Waals surface area (Å²) in [7, 11) is 0. The second-order valence-electron chi connectivity index (χ2n) is 5.60. The molecule has 0 radical (unpaired) electrons. The number of rotatable bonds is 2. The molecule has 19 heavy (non-hydrogen) atoms. The lowest BCUT2D eigenvalue weighted by Crippen LogP contribution is -2.40. The summed E-state index contributed by atoms with van der Waals surface area (Å²) in [6.07, 6.45) is 2.51. The highest BCUT2D eigenvalue weighted by Gasteiger charge is 2.34. The van der Waals surface area contributed by atoms with Crippen LogP contribution in [-0.4, -0.2) is 30.6 Å². The molecule has 0 aromatic heterocycles. The minimum absolute atomic E-state index is 0.223. The van der Waals surface area contributed by atoms with Crippen molar-refractivity contribution >= 4 is 11.4 Å². The normalized spacial score (nSPS) is 26.3. The molecule has 2 saturated heterocycles.